The van der Waals surface area contributed by atoms with Crippen LogP contribution in [-0.2, 0) is 4.74 Å². The zero-order chi connectivity index (χ0) is 20.5. The van der Waals surface area contributed by atoms with E-state index in [-0.39, 0.29) is 24.2 Å². The van der Waals surface area contributed by atoms with Crippen LogP contribution in [-0.4, -0.2) is 40.8 Å². The van der Waals surface area contributed by atoms with Gasteiger partial charge < -0.3 is 9.84 Å². The van der Waals surface area contributed by atoms with Crippen LogP contribution in [0.1, 0.15) is 33.2 Å². The summed E-state index contributed by atoms with van der Waals surface area (Å²) in [7, 11) is 1.46. The van der Waals surface area contributed by atoms with Gasteiger partial charge >= 0.3 is 12.1 Å². The Balaban J connectivity index is 1.54. The average Bonchev–Trinajstić information content (AvgIpc) is 3.05. The van der Waals surface area contributed by atoms with Crippen molar-refractivity contribution in [2.45, 2.75) is 12.8 Å². The number of carboxylic acids is 1. The number of aromatic carboxylic acids is 1. The molecule has 0 radical (unpaired) electrons. The van der Waals surface area contributed by atoms with Gasteiger partial charge in [-0.15, -0.1) is 0 Å². The maximum atomic E-state index is 12.6. The second-order valence-electron chi connectivity index (χ2n) is 6.86. The first kappa shape index (κ1) is 18.6. The number of nitrogens with zero attached hydrogens (tertiary/aromatic N) is 3. The highest BCUT2D eigenvalue weighted by molar-refractivity contribution is 5.88. The molecule has 1 heterocycles. The van der Waals surface area contributed by atoms with Crippen molar-refractivity contribution in [1.29, 1.82) is 0 Å². The Kier molecular flexibility index (Phi) is 4.72. The molecule has 0 spiro atoms. The van der Waals surface area contributed by atoms with E-state index in [4.69, 9.17) is 9.84 Å². The third kappa shape index (κ3) is 3.42. The topological polar surface area (TPSA) is 92.6 Å². The minimum atomic E-state index is -1.18. The van der Waals surface area contributed by atoms with Crippen molar-refractivity contribution in [2.75, 3.05) is 18.6 Å². The molecule has 3 aromatic rings. The Morgan fingerprint density at radius 2 is 1.62 bits per heavy atom. The molecular weight excluding hydrogens is 370 g/mol. The van der Waals surface area contributed by atoms with E-state index in [1.54, 1.807) is 6.92 Å². The van der Waals surface area contributed by atoms with Crippen LogP contribution in [0.15, 0.2) is 54.6 Å². The minimum absolute atomic E-state index is 0.0142. The largest absolute Gasteiger partial charge is 0.477 e. The van der Waals surface area contributed by atoms with Gasteiger partial charge in [0.2, 0.25) is 5.95 Å². The number of carbonyl (C=O) groups excluding carboxylic acids is 1. The summed E-state index contributed by atoms with van der Waals surface area (Å²) in [5.41, 5.74) is 4.79. The Bertz CT molecular complexity index is 1070. The molecule has 0 atom stereocenters. The molecule has 7 nitrogen and oxygen atoms in total. The van der Waals surface area contributed by atoms with E-state index in [0.29, 0.717) is 5.69 Å². The fourth-order valence-electron chi connectivity index (χ4n) is 3.58. The fourth-order valence-corrected chi connectivity index (χ4v) is 3.58. The lowest BCUT2D eigenvalue weighted by atomic mass is 9.98. The van der Waals surface area contributed by atoms with Gasteiger partial charge in [-0.25, -0.2) is 24.5 Å². The molecule has 0 bridgehead atoms. The normalized spacial score (nSPS) is 12.2. The first-order chi connectivity index (χ1) is 14.0. The SMILES string of the molecule is Cc1cc(C(=O)O)nc(N(C)C(=O)OCC2c3ccccc3-c3ccccc32)n1. The van der Waals surface area contributed by atoms with E-state index in [1.807, 2.05) is 36.4 Å². The van der Waals surface area contributed by atoms with Gasteiger partial charge in [0.05, 0.1) is 0 Å². The Morgan fingerprint density at radius 1 is 1.03 bits per heavy atom. The number of aryl methyl sites for hydroxylation is 1. The lowest BCUT2D eigenvalue weighted by Gasteiger charge is -2.19. The van der Waals surface area contributed by atoms with Crippen molar-refractivity contribution in [3.05, 3.63) is 77.1 Å². The molecule has 0 aliphatic heterocycles. The molecule has 146 valence electrons. The second kappa shape index (κ2) is 7.35. The van der Waals surface area contributed by atoms with Crippen molar-refractivity contribution in [2.24, 2.45) is 0 Å². The highest BCUT2D eigenvalue weighted by Gasteiger charge is 2.29. The van der Waals surface area contributed by atoms with Crippen LogP contribution < -0.4 is 4.90 Å². The number of benzene rings is 2. The van der Waals surface area contributed by atoms with E-state index >= 15 is 0 Å². The average molecular weight is 389 g/mol. The Labute approximate surface area is 167 Å². The smallest absolute Gasteiger partial charge is 0.416 e. The summed E-state index contributed by atoms with van der Waals surface area (Å²) in [5, 5.41) is 9.16. The molecule has 2 aromatic carbocycles. The van der Waals surface area contributed by atoms with Gasteiger partial charge in [-0.1, -0.05) is 48.5 Å². The highest BCUT2D eigenvalue weighted by atomic mass is 16.6. The number of hydrogen-bond donors (Lipinski definition) is 1. The molecule has 1 amide bonds. The van der Waals surface area contributed by atoms with Gasteiger partial charge in [0.1, 0.15) is 6.61 Å². The number of rotatable bonds is 4. The second-order valence-corrected chi connectivity index (χ2v) is 6.86. The van der Waals surface area contributed by atoms with Crippen molar-refractivity contribution >= 4 is 18.0 Å². The Hall–Kier alpha value is -3.74. The lowest BCUT2D eigenvalue weighted by molar-refractivity contribution is 0.0690. The molecule has 1 aromatic heterocycles. The summed E-state index contributed by atoms with van der Waals surface area (Å²) >= 11 is 0. The standard InChI is InChI=1S/C22H19N3O4/c1-13-11-19(20(26)27)24-21(23-13)25(2)22(28)29-12-18-16-9-5-3-7-14(16)15-8-4-6-10-17(15)18/h3-11,18H,12H2,1-2H3,(H,26,27). The van der Waals surface area contributed by atoms with Crippen molar-refractivity contribution in [1.82, 2.24) is 9.97 Å². The van der Waals surface area contributed by atoms with Gasteiger partial charge in [0.25, 0.3) is 0 Å². The summed E-state index contributed by atoms with van der Waals surface area (Å²) in [6.45, 7) is 1.80. The number of aromatic nitrogens is 2. The zero-order valence-corrected chi connectivity index (χ0v) is 16.0. The van der Waals surface area contributed by atoms with Gasteiger partial charge in [-0.05, 0) is 35.2 Å². The third-order valence-electron chi connectivity index (χ3n) is 4.97. The predicted molar refractivity (Wildman–Crippen MR) is 107 cm³/mol. The van der Waals surface area contributed by atoms with Gasteiger partial charge in [0, 0.05) is 18.7 Å². The molecule has 0 fully saturated rings. The van der Waals surface area contributed by atoms with Gasteiger partial charge in [0.15, 0.2) is 5.69 Å². The van der Waals surface area contributed by atoms with E-state index in [0.717, 1.165) is 27.2 Å². The number of anilines is 1. The maximum Gasteiger partial charge on any atom is 0.416 e. The summed E-state index contributed by atoms with van der Waals surface area (Å²) in [4.78, 5) is 33.0. The third-order valence-corrected chi connectivity index (χ3v) is 4.97. The summed E-state index contributed by atoms with van der Waals surface area (Å²) < 4.78 is 5.56. The maximum absolute atomic E-state index is 12.6. The molecule has 29 heavy (non-hydrogen) atoms. The van der Waals surface area contributed by atoms with Crippen LogP contribution in [0.3, 0.4) is 0 Å². The molecule has 1 aliphatic carbocycles. The number of carboxylic acid groups (broad SMARTS) is 1. The van der Waals surface area contributed by atoms with Crippen LogP contribution in [0.4, 0.5) is 10.7 Å². The molecule has 0 saturated carbocycles. The number of amides is 1. The molecule has 4 rings (SSSR count). The molecule has 1 N–H and O–H groups in total. The van der Waals surface area contributed by atoms with Crippen LogP contribution in [0.2, 0.25) is 0 Å². The van der Waals surface area contributed by atoms with Crippen molar-refractivity contribution < 1.29 is 19.4 Å². The number of fused-ring (bicyclic) bond motifs is 3. The summed E-state index contributed by atoms with van der Waals surface area (Å²) in [6, 6.07) is 17.5. The monoisotopic (exact) mass is 389 g/mol. The quantitative estimate of drug-likeness (QED) is 0.728. The van der Waals surface area contributed by atoms with E-state index in [9.17, 15) is 9.59 Å². The fraction of sp³-hybridized carbons (Fsp3) is 0.182. The molecule has 7 heteroatoms. The van der Waals surface area contributed by atoms with Crippen LogP contribution in [0, 0.1) is 6.92 Å². The van der Waals surface area contributed by atoms with Crippen LogP contribution in [0.25, 0.3) is 11.1 Å². The predicted octanol–water partition coefficient (Wildman–Crippen LogP) is 3.87. The minimum Gasteiger partial charge on any atom is -0.477 e. The molecular formula is C22H19N3O4. The molecule has 0 saturated heterocycles. The van der Waals surface area contributed by atoms with E-state index < -0.39 is 12.1 Å². The van der Waals surface area contributed by atoms with E-state index in [2.05, 4.69) is 22.1 Å². The first-order valence-electron chi connectivity index (χ1n) is 9.13. The van der Waals surface area contributed by atoms with Crippen molar-refractivity contribution in [3.63, 3.8) is 0 Å². The summed E-state index contributed by atoms with van der Waals surface area (Å²) in [6.07, 6.45) is -0.645. The van der Waals surface area contributed by atoms with Crippen molar-refractivity contribution in [3.8, 4) is 11.1 Å². The van der Waals surface area contributed by atoms with Crippen LogP contribution >= 0.6 is 0 Å². The van der Waals surface area contributed by atoms with E-state index in [1.165, 1.54) is 13.1 Å². The summed E-state index contributed by atoms with van der Waals surface area (Å²) in [5.74, 6) is -1.26. The Morgan fingerprint density at radius 3 is 2.21 bits per heavy atom. The first-order valence-corrected chi connectivity index (χ1v) is 9.13. The lowest BCUT2D eigenvalue weighted by Crippen LogP contribution is -2.30. The molecule has 0 unspecified atom stereocenters. The van der Waals surface area contributed by atoms with Crippen LogP contribution in [0.5, 0.6) is 0 Å². The number of carbonyl (C=O) groups is 2. The van der Waals surface area contributed by atoms with Gasteiger partial charge in [-0.2, -0.15) is 0 Å². The van der Waals surface area contributed by atoms with Gasteiger partial charge in [-0.3, -0.25) is 0 Å². The molecule has 1 aliphatic rings. The number of ether oxygens (including phenoxy) is 1. The highest BCUT2D eigenvalue weighted by Crippen LogP contribution is 2.44. The zero-order valence-electron chi connectivity index (χ0n) is 16.0. The number of hydrogen-bond acceptors (Lipinski definition) is 5.